The molecule has 0 saturated carbocycles. The van der Waals surface area contributed by atoms with Crippen molar-refractivity contribution in [2.75, 3.05) is 13.2 Å². The number of hydrogen-bond acceptors (Lipinski definition) is 2. The van der Waals surface area contributed by atoms with Crippen molar-refractivity contribution >= 4 is 0 Å². The summed E-state index contributed by atoms with van der Waals surface area (Å²) in [6.45, 7) is 3.62. The van der Waals surface area contributed by atoms with Crippen LogP contribution >= 0.6 is 0 Å². The third-order valence-electron chi connectivity index (χ3n) is 2.60. The lowest BCUT2D eigenvalue weighted by atomic mass is 9.83. The fourth-order valence-corrected chi connectivity index (χ4v) is 1.66. The first-order chi connectivity index (χ1) is 5.83. The Morgan fingerprint density at radius 2 is 2.33 bits per heavy atom. The van der Waals surface area contributed by atoms with Gasteiger partial charge in [0, 0.05) is 6.61 Å². The molecule has 68 valence electrons. The second kappa shape index (κ2) is 4.47. The van der Waals surface area contributed by atoms with Crippen molar-refractivity contribution in [2.45, 2.75) is 39.0 Å². The summed E-state index contributed by atoms with van der Waals surface area (Å²) >= 11 is 0. The molecule has 12 heavy (non-hydrogen) atoms. The van der Waals surface area contributed by atoms with Gasteiger partial charge in [-0.1, -0.05) is 26.2 Å². The number of nitriles is 1. The number of ether oxygens (including phenoxy) is 1. The van der Waals surface area contributed by atoms with Gasteiger partial charge in [0.05, 0.1) is 18.1 Å². The van der Waals surface area contributed by atoms with Gasteiger partial charge in [-0.05, 0) is 12.8 Å². The lowest BCUT2D eigenvalue weighted by molar-refractivity contribution is 0.167. The monoisotopic (exact) mass is 167 g/mol. The molecule has 0 radical (unpaired) electrons. The Morgan fingerprint density at radius 3 is 2.83 bits per heavy atom. The molecule has 0 spiro atoms. The molecule has 1 aliphatic heterocycles. The van der Waals surface area contributed by atoms with Crippen molar-refractivity contribution < 1.29 is 4.74 Å². The van der Waals surface area contributed by atoms with Crippen LogP contribution in [0.5, 0.6) is 0 Å². The Kier molecular flexibility index (Phi) is 3.55. The molecule has 0 aromatic carbocycles. The van der Waals surface area contributed by atoms with Crippen molar-refractivity contribution in [3.05, 3.63) is 0 Å². The Morgan fingerprint density at radius 1 is 1.50 bits per heavy atom. The van der Waals surface area contributed by atoms with E-state index < -0.39 is 0 Å². The molecule has 0 aromatic rings. The molecule has 1 rings (SSSR count). The molecule has 0 aromatic heterocycles. The maximum atomic E-state index is 8.99. The molecule has 1 saturated heterocycles. The Labute approximate surface area is 74.5 Å². The molecule has 0 bridgehead atoms. The Hall–Kier alpha value is -0.550. The smallest absolute Gasteiger partial charge is 0.0828 e. The van der Waals surface area contributed by atoms with Gasteiger partial charge < -0.3 is 4.74 Å². The molecule has 2 heteroatoms. The molecule has 0 amide bonds. The van der Waals surface area contributed by atoms with Gasteiger partial charge in [-0.3, -0.25) is 0 Å². The molecule has 1 unspecified atom stereocenters. The summed E-state index contributed by atoms with van der Waals surface area (Å²) in [5.74, 6) is 0. The number of nitrogens with zero attached hydrogens (tertiary/aromatic N) is 1. The van der Waals surface area contributed by atoms with Gasteiger partial charge >= 0.3 is 0 Å². The summed E-state index contributed by atoms with van der Waals surface area (Å²) < 4.78 is 5.26. The zero-order valence-corrected chi connectivity index (χ0v) is 7.81. The minimum absolute atomic E-state index is 0.130. The van der Waals surface area contributed by atoms with E-state index in [0.29, 0.717) is 6.61 Å². The van der Waals surface area contributed by atoms with E-state index in [1.54, 1.807) is 0 Å². The molecule has 0 aliphatic carbocycles. The van der Waals surface area contributed by atoms with Crippen LogP contribution in [0.2, 0.25) is 0 Å². The third kappa shape index (κ3) is 2.22. The largest absolute Gasteiger partial charge is 0.380 e. The lowest BCUT2D eigenvalue weighted by Crippen LogP contribution is -2.18. The Balaban J connectivity index is 2.30. The maximum absolute atomic E-state index is 8.99. The standard InChI is InChI=1S/C10H17NO/c1-2-3-4-5-10(8-11)6-7-12-9-10/h2-7,9H2,1H3. The van der Waals surface area contributed by atoms with E-state index in [1.807, 2.05) is 0 Å². The minimum Gasteiger partial charge on any atom is -0.380 e. The van der Waals surface area contributed by atoms with Crippen LogP contribution in [-0.4, -0.2) is 13.2 Å². The fraction of sp³-hybridized carbons (Fsp3) is 0.900. The second-order valence-electron chi connectivity index (χ2n) is 3.65. The van der Waals surface area contributed by atoms with E-state index in [9.17, 15) is 0 Å². The molecule has 1 aliphatic rings. The van der Waals surface area contributed by atoms with Crippen LogP contribution in [0.1, 0.15) is 39.0 Å². The topological polar surface area (TPSA) is 33.0 Å². The quantitative estimate of drug-likeness (QED) is 0.603. The highest BCUT2D eigenvalue weighted by atomic mass is 16.5. The van der Waals surface area contributed by atoms with Gasteiger partial charge in [0.15, 0.2) is 0 Å². The van der Waals surface area contributed by atoms with E-state index in [1.165, 1.54) is 19.3 Å². The summed E-state index contributed by atoms with van der Waals surface area (Å²) in [7, 11) is 0. The van der Waals surface area contributed by atoms with E-state index >= 15 is 0 Å². The fourth-order valence-electron chi connectivity index (χ4n) is 1.66. The van der Waals surface area contributed by atoms with Crippen LogP contribution in [0.4, 0.5) is 0 Å². The summed E-state index contributed by atoms with van der Waals surface area (Å²) in [6.07, 6.45) is 5.60. The summed E-state index contributed by atoms with van der Waals surface area (Å²) in [5, 5.41) is 8.99. The second-order valence-corrected chi connectivity index (χ2v) is 3.65. The number of unbranched alkanes of at least 4 members (excludes halogenated alkanes) is 2. The van der Waals surface area contributed by atoms with E-state index in [0.717, 1.165) is 19.4 Å². The normalized spacial score (nSPS) is 28.7. The van der Waals surface area contributed by atoms with Crippen LogP contribution in [0, 0.1) is 16.7 Å². The zero-order chi connectivity index (χ0) is 8.86. The maximum Gasteiger partial charge on any atom is 0.0828 e. The van der Waals surface area contributed by atoms with Crippen molar-refractivity contribution in [3.63, 3.8) is 0 Å². The van der Waals surface area contributed by atoms with E-state index in [-0.39, 0.29) is 5.41 Å². The van der Waals surface area contributed by atoms with Gasteiger partial charge in [0.25, 0.3) is 0 Å². The van der Waals surface area contributed by atoms with Gasteiger partial charge in [0.1, 0.15) is 0 Å². The van der Waals surface area contributed by atoms with Crippen molar-refractivity contribution in [3.8, 4) is 6.07 Å². The van der Waals surface area contributed by atoms with Crippen LogP contribution in [-0.2, 0) is 4.74 Å². The molecular weight excluding hydrogens is 150 g/mol. The van der Waals surface area contributed by atoms with Crippen LogP contribution < -0.4 is 0 Å². The highest BCUT2D eigenvalue weighted by molar-refractivity contribution is 5.01. The molecule has 1 atom stereocenters. The van der Waals surface area contributed by atoms with E-state index in [2.05, 4.69) is 13.0 Å². The predicted octanol–water partition coefficient (Wildman–Crippen LogP) is 2.50. The number of rotatable bonds is 4. The van der Waals surface area contributed by atoms with Gasteiger partial charge in [-0.25, -0.2) is 0 Å². The minimum atomic E-state index is -0.130. The molecular formula is C10H17NO. The first-order valence-electron chi connectivity index (χ1n) is 4.82. The number of hydrogen-bond donors (Lipinski definition) is 0. The van der Waals surface area contributed by atoms with Crippen molar-refractivity contribution in [1.29, 1.82) is 5.26 Å². The lowest BCUT2D eigenvalue weighted by Gasteiger charge is -2.17. The zero-order valence-electron chi connectivity index (χ0n) is 7.81. The van der Waals surface area contributed by atoms with Gasteiger partial charge in [-0.2, -0.15) is 5.26 Å². The molecule has 1 fully saturated rings. The first kappa shape index (κ1) is 9.54. The molecule has 2 nitrogen and oxygen atoms in total. The van der Waals surface area contributed by atoms with Crippen molar-refractivity contribution in [2.24, 2.45) is 5.41 Å². The average molecular weight is 167 g/mol. The summed E-state index contributed by atoms with van der Waals surface area (Å²) in [5.41, 5.74) is -0.130. The highest BCUT2D eigenvalue weighted by Crippen LogP contribution is 2.33. The highest BCUT2D eigenvalue weighted by Gasteiger charge is 2.34. The van der Waals surface area contributed by atoms with Crippen LogP contribution in [0.25, 0.3) is 0 Å². The SMILES string of the molecule is CCCCCC1(C#N)CCOC1. The van der Waals surface area contributed by atoms with Gasteiger partial charge in [0.2, 0.25) is 0 Å². The van der Waals surface area contributed by atoms with Crippen molar-refractivity contribution in [1.82, 2.24) is 0 Å². The molecule has 0 N–H and O–H groups in total. The average Bonchev–Trinajstić information content (AvgIpc) is 2.55. The summed E-state index contributed by atoms with van der Waals surface area (Å²) in [6, 6.07) is 2.41. The van der Waals surface area contributed by atoms with Crippen LogP contribution in [0.15, 0.2) is 0 Å². The first-order valence-corrected chi connectivity index (χ1v) is 4.82. The predicted molar refractivity (Wildman–Crippen MR) is 47.6 cm³/mol. The van der Waals surface area contributed by atoms with E-state index in [4.69, 9.17) is 10.00 Å². The Bertz CT molecular complexity index is 165. The summed E-state index contributed by atoms with van der Waals surface area (Å²) in [4.78, 5) is 0. The third-order valence-corrected chi connectivity index (χ3v) is 2.60. The molecule has 1 heterocycles. The van der Waals surface area contributed by atoms with Crippen LogP contribution in [0.3, 0.4) is 0 Å². The van der Waals surface area contributed by atoms with Gasteiger partial charge in [-0.15, -0.1) is 0 Å².